The minimum atomic E-state index is -2.12. The van der Waals surface area contributed by atoms with Crippen LogP contribution in [-0.2, 0) is 21.1 Å². The van der Waals surface area contributed by atoms with E-state index < -0.39 is 25.3 Å². The lowest BCUT2D eigenvalue weighted by molar-refractivity contribution is 0.0523. The molecule has 4 aromatic rings. The van der Waals surface area contributed by atoms with E-state index >= 15 is 0 Å². The molecule has 0 saturated heterocycles. The van der Waals surface area contributed by atoms with Gasteiger partial charge in [-0.25, -0.2) is 9.78 Å². The fourth-order valence-corrected chi connectivity index (χ4v) is 6.19. The summed E-state index contributed by atoms with van der Waals surface area (Å²) in [5, 5.41) is 0.380. The van der Waals surface area contributed by atoms with Crippen LogP contribution < -0.4 is 26.4 Å². The molecule has 0 atom stereocenters. The van der Waals surface area contributed by atoms with Crippen molar-refractivity contribution < 1.29 is 23.4 Å². The number of rotatable bonds is 10. The van der Waals surface area contributed by atoms with Crippen LogP contribution in [0.1, 0.15) is 74.2 Å². The molecule has 0 fully saturated rings. The molecular weight excluding hydrogens is 639 g/mol. The predicted molar refractivity (Wildman–Crippen MR) is 196 cm³/mol. The normalized spacial score (nSPS) is 12.0. The Kier molecular flexibility index (Phi) is 10.8. The number of carbonyl (C=O) groups is 1. The average Bonchev–Trinajstić information content (AvgIpc) is 3.03. The Morgan fingerprint density at radius 1 is 1.02 bits per heavy atom. The van der Waals surface area contributed by atoms with Gasteiger partial charge in [0, 0.05) is 35.3 Å². The van der Waals surface area contributed by atoms with Gasteiger partial charge in [0.2, 0.25) is 11.4 Å². The first-order chi connectivity index (χ1) is 22.9. The van der Waals surface area contributed by atoms with Crippen LogP contribution in [0, 0.1) is 11.8 Å². The quantitative estimate of drug-likeness (QED) is 0.117. The highest BCUT2D eigenvalue weighted by molar-refractivity contribution is 6.74. The Labute approximate surface area is 289 Å². The molecule has 0 aliphatic heterocycles. The first-order valence-electron chi connectivity index (χ1n) is 16.1. The summed E-state index contributed by atoms with van der Waals surface area (Å²) in [7, 11) is 0.994. The molecule has 12 heteroatoms. The molecule has 0 saturated carbocycles. The number of hydrogen-bond donors (Lipinski definition) is 2. The van der Waals surface area contributed by atoms with Crippen LogP contribution in [-0.4, -0.2) is 56.3 Å². The molecule has 0 spiro atoms. The molecule has 49 heavy (non-hydrogen) atoms. The van der Waals surface area contributed by atoms with Gasteiger partial charge in [-0.05, 0) is 74.8 Å². The monoisotopic (exact) mass is 685 g/mol. The third-order valence-electron chi connectivity index (χ3n) is 8.94. The zero-order chi connectivity index (χ0) is 36.3. The van der Waals surface area contributed by atoms with Crippen LogP contribution in [0.25, 0.3) is 10.9 Å². The number of carbonyl (C=O) groups excluding carboxylic acids is 1. The lowest BCUT2D eigenvalue weighted by Crippen LogP contribution is -2.45. The van der Waals surface area contributed by atoms with E-state index in [2.05, 4.69) is 55.7 Å². The van der Waals surface area contributed by atoms with Gasteiger partial charge in [0.15, 0.2) is 19.8 Å². The van der Waals surface area contributed by atoms with Crippen molar-refractivity contribution in [3.05, 3.63) is 80.8 Å². The number of nitrogens with zero attached hydrogens (tertiary/aromatic N) is 3. The second-order valence-electron chi connectivity index (χ2n) is 14.0. The third-order valence-corrected chi connectivity index (χ3v) is 13.4. The Hall–Kier alpha value is -4.86. The maximum absolute atomic E-state index is 13.6. The summed E-state index contributed by atoms with van der Waals surface area (Å²) in [4.78, 5) is 34.7. The zero-order valence-electron chi connectivity index (χ0n) is 30.1. The van der Waals surface area contributed by atoms with Gasteiger partial charge in [-0.1, -0.05) is 32.6 Å². The standard InChI is InChI=1S/C37H47N5O6Si/c1-11-47-34(44)28-21-42(37(5,6)22-48-49(9,10)36(2,3)4)29-18-23(13-15-27(29)31(28)43)12-14-25-16-24(19-30(45-7)32(25)46-8)17-26-20-40-35(39)41-33(26)38/h13,15-16,18-21H,11,17,22H2,1-10H3,(H4,38,39,40,41). The van der Waals surface area contributed by atoms with Crippen LogP contribution in [0.3, 0.4) is 0 Å². The molecule has 0 bridgehead atoms. The number of aromatic nitrogens is 3. The smallest absolute Gasteiger partial charge is 0.343 e. The number of pyridine rings is 1. The average molecular weight is 686 g/mol. The Morgan fingerprint density at radius 3 is 2.35 bits per heavy atom. The van der Waals surface area contributed by atoms with E-state index in [1.165, 1.54) is 0 Å². The van der Waals surface area contributed by atoms with E-state index in [4.69, 9.17) is 30.1 Å². The second-order valence-corrected chi connectivity index (χ2v) is 18.8. The molecule has 260 valence electrons. The van der Waals surface area contributed by atoms with E-state index in [9.17, 15) is 9.59 Å². The van der Waals surface area contributed by atoms with Crippen molar-refractivity contribution in [2.24, 2.45) is 0 Å². The number of methoxy groups -OCH3 is 2. The van der Waals surface area contributed by atoms with E-state index in [1.54, 1.807) is 45.7 Å². The van der Waals surface area contributed by atoms with Gasteiger partial charge in [0.05, 0.1) is 44.1 Å². The summed E-state index contributed by atoms with van der Waals surface area (Å²) in [6.07, 6.45) is 3.59. The number of hydrogen-bond acceptors (Lipinski definition) is 10. The maximum atomic E-state index is 13.6. The van der Waals surface area contributed by atoms with Crippen molar-refractivity contribution in [2.75, 3.05) is 38.9 Å². The molecular formula is C37H47N5O6Si. The molecule has 4 N–H and O–H groups in total. The van der Waals surface area contributed by atoms with Crippen LogP contribution in [0.4, 0.5) is 11.8 Å². The topological polar surface area (TPSA) is 154 Å². The summed E-state index contributed by atoms with van der Waals surface area (Å²) in [5.74, 6) is 7.17. The SMILES string of the molecule is CCOC(=O)c1cn(C(C)(C)CO[Si](C)(C)C(C)(C)C)c2cc(C#Cc3cc(Cc4cnc(N)nc4N)cc(OC)c3OC)ccc2c1=O. The molecule has 2 heterocycles. The summed E-state index contributed by atoms with van der Waals surface area (Å²) >= 11 is 0. The van der Waals surface area contributed by atoms with Gasteiger partial charge in [-0.15, -0.1) is 0 Å². The van der Waals surface area contributed by atoms with Gasteiger partial charge in [0.25, 0.3) is 0 Å². The highest BCUT2D eigenvalue weighted by Gasteiger charge is 2.39. The van der Waals surface area contributed by atoms with Crippen molar-refractivity contribution in [3.8, 4) is 23.3 Å². The van der Waals surface area contributed by atoms with E-state index in [0.29, 0.717) is 57.9 Å². The van der Waals surface area contributed by atoms with Gasteiger partial charge in [-0.2, -0.15) is 4.98 Å². The van der Waals surface area contributed by atoms with Crippen LogP contribution in [0.5, 0.6) is 11.5 Å². The molecule has 0 amide bonds. The van der Waals surface area contributed by atoms with Crippen molar-refractivity contribution in [1.29, 1.82) is 0 Å². The largest absolute Gasteiger partial charge is 0.493 e. The molecule has 2 aromatic heterocycles. The minimum absolute atomic E-state index is 0.00403. The number of ether oxygens (including phenoxy) is 3. The number of esters is 1. The Balaban J connectivity index is 1.85. The van der Waals surface area contributed by atoms with Crippen LogP contribution in [0.2, 0.25) is 18.1 Å². The van der Waals surface area contributed by atoms with Crippen molar-refractivity contribution in [2.45, 2.75) is 71.6 Å². The minimum Gasteiger partial charge on any atom is -0.493 e. The van der Waals surface area contributed by atoms with Gasteiger partial charge < -0.3 is 34.7 Å². The zero-order valence-corrected chi connectivity index (χ0v) is 31.1. The first-order valence-corrected chi connectivity index (χ1v) is 19.0. The van der Waals surface area contributed by atoms with Crippen molar-refractivity contribution >= 4 is 37.0 Å². The van der Waals surface area contributed by atoms with E-state index in [-0.39, 0.29) is 23.2 Å². The highest BCUT2D eigenvalue weighted by atomic mass is 28.4. The summed E-state index contributed by atoms with van der Waals surface area (Å²) in [6.45, 7) is 17.2. The fourth-order valence-electron chi connectivity index (χ4n) is 5.05. The highest BCUT2D eigenvalue weighted by Crippen LogP contribution is 2.38. The van der Waals surface area contributed by atoms with Crippen molar-refractivity contribution in [3.63, 3.8) is 0 Å². The first kappa shape index (κ1) is 37.0. The summed E-state index contributed by atoms with van der Waals surface area (Å²) in [6, 6.07) is 9.06. The molecule has 0 aliphatic carbocycles. The third kappa shape index (κ3) is 8.07. The fraction of sp³-hybridized carbons (Fsp3) is 0.405. The molecule has 0 radical (unpaired) electrons. The molecule has 2 aromatic carbocycles. The number of nitrogens with two attached hydrogens (primary N) is 2. The number of benzene rings is 2. The molecule has 11 nitrogen and oxygen atoms in total. The molecule has 0 unspecified atom stereocenters. The van der Waals surface area contributed by atoms with Gasteiger partial charge >= 0.3 is 5.97 Å². The van der Waals surface area contributed by atoms with Crippen LogP contribution >= 0.6 is 0 Å². The maximum Gasteiger partial charge on any atom is 0.343 e. The Bertz CT molecular complexity index is 2000. The van der Waals surface area contributed by atoms with E-state index in [0.717, 1.165) is 5.56 Å². The lowest BCUT2D eigenvalue weighted by atomic mass is 10.0. The molecule has 4 rings (SSSR count). The lowest BCUT2D eigenvalue weighted by Gasteiger charge is -2.40. The Morgan fingerprint density at radius 2 is 1.73 bits per heavy atom. The number of anilines is 2. The van der Waals surface area contributed by atoms with Gasteiger partial charge in [0.1, 0.15) is 11.4 Å². The molecule has 0 aliphatic rings. The second kappa shape index (κ2) is 14.3. The predicted octanol–water partition coefficient (Wildman–Crippen LogP) is 5.90. The van der Waals surface area contributed by atoms with Crippen LogP contribution in [0.15, 0.2) is 47.5 Å². The van der Waals surface area contributed by atoms with Gasteiger partial charge in [-0.3, -0.25) is 4.79 Å². The number of nitrogen functional groups attached to an aromatic ring is 2. The van der Waals surface area contributed by atoms with E-state index in [1.807, 2.05) is 36.6 Å². The summed E-state index contributed by atoms with van der Waals surface area (Å²) in [5.41, 5.74) is 14.1. The summed E-state index contributed by atoms with van der Waals surface area (Å²) < 4.78 is 25.1. The number of fused-ring (bicyclic) bond motifs is 1. The van der Waals surface area contributed by atoms with Crippen molar-refractivity contribution in [1.82, 2.24) is 14.5 Å².